The fraction of sp³-hybridized carbons (Fsp3) is 0.439. The van der Waals surface area contributed by atoms with E-state index >= 15 is 0 Å². The summed E-state index contributed by atoms with van der Waals surface area (Å²) in [4.78, 5) is 67.8. The number of urea groups is 1. The number of hydrogen-bond acceptors (Lipinski definition) is 9. The zero-order chi connectivity index (χ0) is 41.4. The number of fused-ring (bicyclic) bond motifs is 1. The maximum absolute atomic E-state index is 13.7. The number of nitrogens with two attached hydrogens (primary N) is 2. The number of nitrogens with zero attached hydrogens (tertiary/aromatic N) is 2. The Hall–Kier alpha value is -4.74. The fourth-order valence-corrected chi connectivity index (χ4v) is 8.26. The zero-order valence-electron chi connectivity index (χ0n) is 33.6. The molecule has 2 aliphatic heterocycles. The van der Waals surface area contributed by atoms with E-state index < -0.39 is 57.9 Å². The Bertz CT molecular complexity index is 2060. The van der Waals surface area contributed by atoms with Crippen LogP contribution < -0.4 is 62.4 Å². The van der Waals surface area contributed by atoms with Crippen molar-refractivity contribution in [1.82, 2.24) is 20.3 Å². The van der Waals surface area contributed by atoms with Crippen LogP contribution in [0.25, 0.3) is 0 Å². The van der Waals surface area contributed by atoms with Crippen LogP contribution in [0.15, 0.2) is 77.7 Å². The van der Waals surface area contributed by atoms with Crippen molar-refractivity contribution >= 4 is 51.1 Å². The van der Waals surface area contributed by atoms with Crippen LogP contribution in [-0.4, -0.2) is 80.1 Å². The van der Waals surface area contributed by atoms with Crippen molar-refractivity contribution in [2.24, 2.45) is 23.3 Å². The lowest BCUT2D eigenvalue weighted by molar-refractivity contribution is -0.132. The summed E-state index contributed by atoms with van der Waals surface area (Å²) in [5, 5.41) is 11.2. The summed E-state index contributed by atoms with van der Waals surface area (Å²) in [6, 6.07) is 16.2. The Labute approximate surface area is 358 Å². The van der Waals surface area contributed by atoms with Gasteiger partial charge < -0.3 is 62.4 Å². The average Bonchev–Trinajstić information content (AvgIpc) is 3.80. The number of unbranched alkanes of at least 4 members (excludes halogenated alkanes) is 1. The SMILES string of the molecule is CC(C)CC(NC(=O)C(N)C(C)C)C(=O)N[C@H](CCCCN)C(=O)Nc1ccc(C(=O)N2CCc3cc(S(=O)(=O)N4C[C@H](c5ccccc5)NC4=O)ccc32)cc1.[Cl-].[Cl-]. The normalized spacial score (nSPS) is 16.3. The summed E-state index contributed by atoms with van der Waals surface area (Å²) in [5.41, 5.74) is 14.5. The molecule has 15 nitrogen and oxygen atoms in total. The van der Waals surface area contributed by atoms with Gasteiger partial charge in [0.05, 0.1) is 23.5 Å². The molecule has 0 aromatic heterocycles. The maximum atomic E-state index is 13.7. The van der Waals surface area contributed by atoms with E-state index in [0.717, 1.165) is 9.87 Å². The van der Waals surface area contributed by atoms with Gasteiger partial charge in [-0.05, 0) is 104 Å². The predicted molar refractivity (Wildman–Crippen MR) is 218 cm³/mol. The first-order valence-electron chi connectivity index (χ1n) is 19.4. The van der Waals surface area contributed by atoms with Gasteiger partial charge in [0.2, 0.25) is 17.7 Å². The van der Waals surface area contributed by atoms with E-state index in [1.807, 2.05) is 58.0 Å². The van der Waals surface area contributed by atoms with Crippen molar-refractivity contribution in [3.05, 3.63) is 89.5 Å². The molecule has 8 N–H and O–H groups in total. The third kappa shape index (κ3) is 11.9. The van der Waals surface area contributed by atoms with Gasteiger partial charge in [-0.2, -0.15) is 0 Å². The molecule has 6 amide bonds. The molecule has 3 aromatic rings. The summed E-state index contributed by atoms with van der Waals surface area (Å²) >= 11 is 0. The van der Waals surface area contributed by atoms with Gasteiger partial charge >= 0.3 is 6.03 Å². The first-order valence-corrected chi connectivity index (χ1v) is 20.8. The molecule has 1 fully saturated rings. The van der Waals surface area contributed by atoms with Crippen molar-refractivity contribution in [2.75, 3.05) is 29.9 Å². The molecule has 3 aromatic carbocycles. The fourth-order valence-electron chi connectivity index (χ4n) is 6.86. The van der Waals surface area contributed by atoms with E-state index in [2.05, 4.69) is 21.3 Å². The van der Waals surface area contributed by atoms with Crippen molar-refractivity contribution < 1.29 is 57.2 Å². The number of hydrogen-bond donors (Lipinski definition) is 6. The highest BCUT2D eigenvalue weighted by molar-refractivity contribution is 7.89. The molecule has 322 valence electrons. The molecule has 0 saturated carbocycles. The number of anilines is 2. The number of nitrogens with one attached hydrogen (secondary N) is 4. The Morgan fingerprint density at radius 3 is 2.15 bits per heavy atom. The van der Waals surface area contributed by atoms with Gasteiger partial charge in [-0.3, -0.25) is 19.2 Å². The molecule has 4 atom stereocenters. The lowest BCUT2D eigenvalue weighted by Gasteiger charge is -2.26. The number of amides is 6. The molecule has 0 radical (unpaired) electrons. The summed E-state index contributed by atoms with van der Waals surface area (Å²) in [5.74, 6) is -1.76. The van der Waals surface area contributed by atoms with Crippen molar-refractivity contribution in [3.8, 4) is 0 Å². The first-order chi connectivity index (χ1) is 27.1. The van der Waals surface area contributed by atoms with E-state index in [9.17, 15) is 32.4 Å². The zero-order valence-corrected chi connectivity index (χ0v) is 35.9. The minimum atomic E-state index is -4.16. The van der Waals surface area contributed by atoms with Gasteiger partial charge in [0, 0.05) is 23.5 Å². The van der Waals surface area contributed by atoms with E-state index in [4.69, 9.17) is 11.5 Å². The Balaban J connectivity index is 0.00000465. The van der Waals surface area contributed by atoms with E-state index in [1.165, 1.54) is 12.1 Å². The second kappa shape index (κ2) is 21.5. The molecule has 2 aliphatic rings. The minimum Gasteiger partial charge on any atom is -1.00 e. The summed E-state index contributed by atoms with van der Waals surface area (Å²) in [6.07, 6.45) is 2.31. The van der Waals surface area contributed by atoms with Crippen LogP contribution in [0.5, 0.6) is 0 Å². The van der Waals surface area contributed by atoms with Gasteiger partial charge in [0.1, 0.15) is 12.1 Å². The van der Waals surface area contributed by atoms with Crippen molar-refractivity contribution in [1.29, 1.82) is 0 Å². The van der Waals surface area contributed by atoms with Crippen molar-refractivity contribution in [2.45, 2.75) is 88.9 Å². The standard InChI is InChI=1S/C41H54N8O7S.2ClH/c1-25(2)22-33(46-39(52)36(43)26(3)4)38(51)45-32(12-8-9-20-42)37(50)44-30-15-13-28(14-16-30)40(53)48-21-19-29-23-31(17-18-35(29)48)57(55,56)49-24-34(47-41(49)54)27-10-6-5-7-11-27;;/h5-7,10-11,13-18,23,25-26,32-34,36H,8-9,12,19-22,24,42-43H2,1-4H3,(H,44,50)(H,45,51)(H,46,52)(H,47,54);2*1H/p-2/t32-,33?,34-,36?;;/m1../s1. The summed E-state index contributed by atoms with van der Waals surface area (Å²) in [6.45, 7) is 8.20. The Morgan fingerprint density at radius 2 is 1.53 bits per heavy atom. The van der Waals surface area contributed by atoms with Crippen LogP contribution >= 0.6 is 0 Å². The highest BCUT2D eigenvalue weighted by Crippen LogP contribution is 2.34. The highest BCUT2D eigenvalue weighted by Gasteiger charge is 2.39. The van der Waals surface area contributed by atoms with Gasteiger partial charge in [-0.15, -0.1) is 0 Å². The molecule has 2 heterocycles. The number of benzene rings is 3. The Kier molecular flexibility index (Phi) is 17.7. The van der Waals surface area contributed by atoms with Crippen LogP contribution in [0, 0.1) is 11.8 Å². The predicted octanol–water partition coefficient (Wildman–Crippen LogP) is -2.58. The van der Waals surface area contributed by atoms with Crippen LogP contribution in [0.2, 0.25) is 0 Å². The average molecular weight is 874 g/mol. The van der Waals surface area contributed by atoms with Gasteiger partial charge in [-0.1, -0.05) is 58.0 Å². The number of sulfonamides is 1. The largest absolute Gasteiger partial charge is 1.00 e. The summed E-state index contributed by atoms with van der Waals surface area (Å²) < 4.78 is 28.0. The van der Waals surface area contributed by atoms with Gasteiger partial charge in [0.25, 0.3) is 15.9 Å². The minimum absolute atomic E-state index is 0. The molecule has 18 heteroatoms. The quantitative estimate of drug-likeness (QED) is 0.0783. The Morgan fingerprint density at radius 1 is 0.864 bits per heavy atom. The molecular weight excluding hydrogens is 819 g/mol. The molecule has 59 heavy (non-hydrogen) atoms. The third-order valence-corrected chi connectivity index (χ3v) is 11.9. The molecule has 0 spiro atoms. The van der Waals surface area contributed by atoms with Gasteiger partial charge in [-0.25, -0.2) is 17.5 Å². The van der Waals surface area contributed by atoms with Crippen LogP contribution in [-0.2, 0) is 30.8 Å². The van der Waals surface area contributed by atoms with E-state index in [1.54, 1.807) is 35.2 Å². The molecule has 0 bridgehead atoms. The molecule has 0 aliphatic carbocycles. The topological polar surface area (TPSA) is 226 Å². The molecule has 5 rings (SSSR count). The maximum Gasteiger partial charge on any atom is 0.331 e. The smallest absolute Gasteiger partial charge is 0.331 e. The van der Waals surface area contributed by atoms with Crippen molar-refractivity contribution in [3.63, 3.8) is 0 Å². The van der Waals surface area contributed by atoms with Crippen LogP contribution in [0.3, 0.4) is 0 Å². The number of halogens is 2. The second-order valence-corrected chi connectivity index (χ2v) is 17.2. The van der Waals surface area contributed by atoms with Crippen LogP contribution in [0.4, 0.5) is 16.2 Å². The number of rotatable bonds is 17. The lowest BCUT2D eigenvalue weighted by atomic mass is 9.99. The van der Waals surface area contributed by atoms with Crippen LogP contribution in [0.1, 0.15) is 80.9 Å². The second-order valence-electron chi connectivity index (χ2n) is 15.3. The highest BCUT2D eigenvalue weighted by atomic mass is 35.5. The number of carbonyl (C=O) groups is 5. The molecule has 1 saturated heterocycles. The first kappa shape index (κ1) is 48.6. The molecule has 2 unspecified atom stereocenters. The monoisotopic (exact) mass is 872 g/mol. The third-order valence-electron chi connectivity index (χ3n) is 10.2. The molecular formula is C41H54Cl2N8O7S-2. The lowest BCUT2D eigenvalue weighted by Crippen LogP contribution is -3.00. The van der Waals surface area contributed by atoms with E-state index in [0.29, 0.717) is 67.7 Å². The van der Waals surface area contributed by atoms with Gasteiger partial charge in [0.15, 0.2) is 0 Å². The summed E-state index contributed by atoms with van der Waals surface area (Å²) in [7, 11) is -4.16. The number of carbonyl (C=O) groups excluding carboxylic acids is 5. The van der Waals surface area contributed by atoms with E-state index in [-0.39, 0.29) is 54.0 Å².